The zero-order valence-electron chi connectivity index (χ0n) is 11.1. The number of amides is 2. The highest BCUT2D eigenvalue weighted by Crippen LogP contribution is 2.22. The largest absolute Gasteiger partial charge is 0.334 e. The lowest BCUT2D eigenvalue weighted by Gasteiger charge is -2.18. The Bertz CT molecular complexity index is 603. The zero-order chi connectivity index (χ0) is 14.8. The van der Waals surface area contributed by atoms with E-state index in [0.717, 1.165) is 10.0 Å². The van der Waals surface area contributed by atoms with Gasteiger partial charge in [-0.15, -0.1) is 0 Å². The molecule has 0 spiro atoms. The molecule has 2 unspecified atom stereocenters. The van der Waals surface area contributed by atoms with E-state index in [1.54, 1.807) is 0 Å². The summed E-state index contributed by atoms with van der Waals surface area (Å²) in [5.41, 5.74) is 0.974. The summed E-state index contributed by atoms with van der Waals surface area (Å²) in [6.07, 6.45) is 0.485. The zero-order valence-corrected chi connectivity index (χ0v) is 13.5. The number of hydrogen-bond donors (Lipinski definition) is 2. The molecule has 0 saturated carbocycles. The third-order valence-electron chi connectivity index (χ3n) is 3.29. The second-order valence-corrected chi connectivity index (χ2v) is 8.04. The lowest BCUT2D eigenvalue weighted by atomic mass is 10.1. The van der Waals surface area contributed by atoms with E-state index >= 15 is 0 Å². The van der Waals surface area contributed by atoms with Gasteiger partial charge in [-0.2, -0.15) is 0 Å². The van der Waals surface area contributed by atoms with Crippen LogP contribution in [-0.2, 0) is 9.84 Å². The molecule has 0 aliphatic carbocycles. The first-order valence-corrected chi connectivity index (χ1v) is 9.01. The molecule has 20 heavy (non-hydrogen) atoms. The summed E-state index contributed by atoms with van der Waals surface area (Å²) in [7, 11) is -2.98. The van der Waals surface area contributed by atoms with Crippen LogP contribution in [-0.4, -0.2) is 32.0 Å². The van der Waals surface area contributed by atoms with Crippen molar-refractivity contribution < 1.29 is 13.2 Å². The molecule has 1 fully saturated rings. The first-order chi connectivity index (χ1) is 9.37. The van der Waals surface area contributed by atoms with Crippen LogP contribution in [0.25, 0.3) is 0 Å². The lowest BCUT2D eigenvalue weighted by Crippen LogP contribution is -2.43. The van der Waals surface area contributed by atoms with Crippen molar-refractivity contribution in [2.24, 2.45) is 0 Å². The molecule has 0 aromatic heterocycles. The van der Waals surface area contributed by atoms with Crippen LogP contribution in [0.1, 0.15) is 24.9 Å². The molecule has 1 heterocycles. The van der Waals surface area contributed by atoms with Crippen LogP contribution in [0, 0.1) is 0 Å². The number of urea groups is 1. The van der Waals surface area contributed by atoms with Gasteiger partial charge in [0, 0.05) is 10.5 Å². The average molecular weight is 361 g/mol. The Labute approximate surface area is 127 Å². The van der Waals surface area contributed by atoms with Crippen LogP contribution in [0.3, 0.4) is 0 Å². The minimum atomic E-state index is -2.98. The van der Waals surface area contributed by atoms with Crippen LogP contribution in [0.15, 0.2) is 28.7 Å². The fourth-order valence-electron chi connectivity index (χ4n) is 2.24. The molecule has 5 nitrogen and oxygen atoms in total. The van der Waals surface area contributed by atoms with Crippen LogP contribution in [0.4, 0.5) is 4.79 Å². The number of rotatable bonds is 3. The van der Waals surface area contributed by atoms with Gasteiger partial charge in [-0.3, -0.25) is 0 Å². The Hall–Kier alpha value is -1.08. The second-order valence-electron chi connectivity index (χ2n) is 4.96. The number of sulfone groups is 1. The third-order valence-corrected chi connectivity index (χ3v) is 5.78. The first-order valence-electron chi connectivity index (χ1n) is 6.39. The van der Waals surface area contributed by atoms with E-state index in [9.17, 15) is 13.2 Å². The molecule has 1 aromatic carbocycles. The van der Waals surface area contributed by atoms with Gasteiger partial charge >= 0.3 is 6.03 Å². The van der Waals surface area contributed by atoms with Gasteiger partial charge in [0.25, 0.3) is 0 Å². The predicted octanol–water partition coefficient (Wildman–Crippen LogP) is 2.00. The Kier molecular flexibility index (Phi) is 4.70. The van der Waals surface area contributed by atoms with Crippen LogP contribution in [0.5, 0.6) is 0 Å². The van der Waals surface area contributed by atoms with E-state index in [4.69, 9.17) is 0 Å². The summed E-state index contributed by atoms with van der Waals surface area (Å²) in [5, 5.41) is 5.53. The maximum atomic E-state index is 11.9. The van der Waals surface area contributed by atoms with Gasteiger partial charge in [-0.1, -0.05) is 34.1 Å². The van der Waals surface area contributed by atoms with E-state index in [-0.39, 0.29) is 29.6 Å². The lowest BCUT2D eigenvalue weighted by molar-refractivity contribution is 0.235. The number of hydrogen-bond acceptors (Lipinski definition) is 3. The smallest absolute Gasteiger partial charge is 0.315 e. The fourth-order valence-corrected chi connectivity index (χ4v) is 4.54. The molecule has 2 amide bonds. The minimum absolute atomic E-state index is 0.0316. The maximum Gasteiger partial charge on any atom is 0.315 e. The summed E-state index contributed by atoms with van der Waals surface area (Å²) in [6.45, 7) is 1.88. The van der Waals surface area contributed by atoms with Crippen LogP contribution >= 0.6 is 15.9 Å². The van der Waals surface area contributed by atoms with Crippen molar-refractivity contribution in [2.45, 2.75) is 25.4 Å². The number of carbonyl (C=O) groups excluding carboxylic acids is 1. The number of halogens is 1. The monoisotopic (exact) mass is 360 g/mol. The van der Waals surface area contributed by atoms with E-state index < -0.39 is 9.84 Å². The topological polar surface area (TPSA) is 75.3 Å². The molecule has 1 saturated heterocycles. The second kappa shape index (κ2) is 6.13. The van der Waals surface area contributed by atoms with Crippen molar-refractivity contribution in [1.29, 1.82) is 0 Å². The molecule has 7 heteroatoms. The summed E-state index contributed by atoms with van der Waals surface area (Å²) >= 11 is 3.44. The van der Waals surface area contributed by atoms with Gasteiger partial charge in [0.15, 0.2) is 9.84 Å². The highest BCUT2D eigenvalue weighted by Gasteiger charge is 2.29. The van der Waals surface area contributed by atoms with Crippen LogP contribution in [0.2, 0.25) is 0 Å². The van der Waals surface area contributed by atoms with Crippen molar-refractivity contribution in [3.8, 4) is 0 Å². The van der Waals surface area contributed by atoms with Gasteiger partial charge in [-0.25, -0.2) is 13.2 Å². The van der Waals surface area contributed by atoms with Gasteiger partial charge in [0.05, 0.1) is 17.5 Å². The number of carbonyl (C=O) groups is 1. The first kappa shape index (κ1) is 15.3. The van der Waals surface area contributed by atoms with E-state index in [1.807, 2.05) is 31.2 Å². The summed E-state index contributed by atoms with van der Waals surface area (Å²) in [4.78, 5) is 11.9. The van der Waals surface area contributed by atoms with Gasteiger partial charge in [0.2, 0.25) is 0 Å². The van der Waals surface area contributed by atoms with Crippen molar-refractivity contribution in [1.82, 2.24) is 10.6 Å². The molecule has 0 bridgehead atoms. The van der Waals surface area contributed by atoms with E-state index in [0.29, 0.717) is 6.42 Å². The number of nitrogens with one attached hydrogen (secondary N) is 2. The molecule has 0 radical (unpaired) electrons. The summed E-state index contributed by atoms with van der Waals surface area (Å²) in [5.74, 6) is 0.182. The maximum absolute atomic E-state index is 11.9. The minimum Gasteiger partial charge on any atom is -0.334 e. The fraction of sp³-hybridized carbons (Fsp3) is 0.462. The summed E-state index contributed by atoms with van der Waals surface area (Å²) in [6, 6.07) is 6.86. The van der Waals surface area contributed by atoms with Crippen LogP contribution < -0.4 is 10.6 Å². The Balaban J connectivity index is 1.90. The van der Waals surface area contributed by atoms with Crippen molar-refractivity contribution in [2.75, 3.05) is 11.5 Å². The van der Waals surface area contributed by atoms with Gasteiger partial charge in [0.1, 0.15) is 0 Å². The molecule has 2 rings (SSSR count). The SMILES string of the molecule is CC(NC(=O)NC1CCS(=O)(=O)C1)c1ccccc1Br. The molecule has 1 aromatic rings. The third kappa shape index (κ3) is 3.96. The Morgan fingerprint density at radius 1 is 1.40 bits per heavy atom. The average Bonchev–Trinajstić information content (AvgIpc) is 2.68. The molecule has 2 atom stereocenters. The van der Waals surface area contributed by atoms with Crippen molar-refractivity contribution in [3.63, 3.8) is 0 Å². The van der Waals surface area contributed by atoms with E-state index in [2.05, 4.69) is 26.6 Å². The summed E-state index contributed by atoms with van der Waals surface area (Å²) < 4.78 is 23.6. The Morgan fingerprint density at radius 3 is 2.70 bits per heavy atom. The molecule has 1 aliphatic heterocycles. The molecular weight excluding hydrogens is 344 g/mol. The molecule has 2 N–H and O–H groups in total. The normalized spacial score (nSPS) is 22.2. The van der Waals surface area contributed by atoms with Crippen molar-refractivity contribution >= 4 is 31.8 Å². The molecule has 110 valence electrons. The van der Waals surface area contributed by atoms with Gasteiger partial charge in [-0.05, 0) is 25.0 Å². The van der Waals surface area contributed by atoms with E-state index in [1.165, 1.54) is 0 Å². The molecular formula is C13H17BrN2O3S. The van der Waals surface area contributed by atoms with Crippen molar-refractivity contribution in [3.05, 3.63) is 34.3 Å². The highest BCUT2D eigenvalue weighted by atomic mass is 79.9. The Morgan fingerprint density at radius 2 is 2.10 bits per heavy atom. The quantitative estimate of drug-likeness (QED) is 0.865. The van der Waals surface area contributed by atoms with Gasteiger partial charge < -0.3 is 10.6 Å². The number of benzene rings is 1. The standard InChI is InChI=1S/C13H17BrN2O3S/c1-9(11-4-2-3-5-12(11)14)15-13(17)16-10-6-7-20(18,19)8-10/h2-5,9-10H,6-8H2,1H3,(H2,15,16,17). The highest BCUT2D eigenvalue weighted by molar-refractivity contribution is 9.10. The predicted molar refractivity (Wildman–Crippen MR) is 81.3 cm³/mol. The molecule has 1 aliphatic rings.